The smallest absolute Gasteiger partial charge is 0.407 e. The van der Waals surface area contributed by atoms with Gasteiger partial charge in [0.05, 0.1) is 12.5 Å². The van der Waals surface area contributed by atoms with Crippen LogP contribution in [-0.2, 0) is 19.1 Å². The van der Waals surface area contributed by atoms with Crippen molar-refractivity contribution in [3.63, 3.8) is 0 Å². The number of fused-ring (bicyclic) bond motifs is 3. The van der Waals surface area contributed by atoms with Crippen LogP contribution in [0.3, 0.4) is 0 Å². The van der Waals surface area contributed by atoms with E-state index in [9.17, 15) is 19.5 Å². The number of hydrogen-bond acceptors (Lipinski definition) is 5. The van der Waals surface area contributed by atoms with Crippen LogP contribution < -0.4 is 10.6 Å². The fraction of sp³-hybridized carbons (Fsp3) is 0.423. The van der Waals surface area contributed by atoms with Crippen molar-refractivity contribution in [1.29, 1.82) is 0 Å². The van der Waals surface area contributed by atoms with Crippen LogP contribution in [-0.4, -0.2) is 55.5 Å². The fourth-order valence-electron chi connectivity index (χ4n) is 4.63. The molecule has 0 fully saturated rings. The van der Waals surface area contributed by atoms with Gasteiger partial charge in [-0.25, -0.2) is 9.59 Å². The largest absolute Gasteiger partial charge is 0.480 e. The highest BCUT2D eigenvalue weighted by Gasteiger charge is 2.33. The highest BCUT2D eigenvalue weighted by Crippen LogP contribution is 2.44. The average Bonchev–Trinajstić information content (AvgIpc) is 3.11. The number of hydrogen-bond donors (Lipinski definition) is 3. The third kappa shape index (κ3) is 5.56. The highest BCUT2D eigenvalue weighted by atomic mass is 16.5. The number of nitrogens with one attached hydrogen (secondary N) is 2. The third-order valence-electron chi connectivity index (χ3n) is 6.20. The van der Waals surface area contributed by atoms with Gasteiger partial charge in [0, 0.05) is 19.1 Å². The minimum absolute atomic E-state index is 0.0666. The summed E-state index contributed by atoms with van der Waals surface area (Å²) in [6, 6.07) is 14.4. The van der Waals surface area contributed by atoms with Gasteiger partial charge in [0.15, 0.2) is 6.04 Å². The zero-order chi connectivity index (χ0) is 24.8. The second-order valence-corrected chi connectivity index (χ2v) is 8.88. The number of ether oxygens (including phenoxy) is 2. The van der Waals surface area contributed by atoms with E-state index < -0.39 is 36.0 Å². The van der Waals surface area contributed by atoms with Crippen LogP contribution in [0.25, 0.3) is 11.1 Å². The number of rotatable bonds is 10. The second-order valence-electron chi connectivity index (χ2n) is 8.88. The van der Waals surface area contributed by atoms with Crippen molar-refractivity contribution in [2.45, 2.75) is 38.8 Å². The number of carboxylic acid groups (broad SMARTS) is 1. The number of carbonyl (C=O) groups is 3. The van der Waals surface area contributed by atoms with Gasteiger partial charge in [-0.3, -0.25) is 4.79 Å². The minimum atomic E-state index is -1.19. The Morgan fingerprint density at radius 3 is 2.00 bits per heavy atom. The van der Waals surface area contributed by atoms with Gasteiger partial charge in [0.2, 0.25) is 5.91 Å². The zero-order valence-corrected chi connectivity index (χ0v) is 19.9. The van der Waals surface area contributed by atoms with Gasteiger partial charge in [0.1, 0.15) is 6.61 Å². The summed E-state index contributed by atoms with van der Waals surface area (Å²) >= 11 is 0. The molecular formula is C26H32N2O6. The van der Waals surface area contributed by atoms with E-state index in [4.69, 9.17) is 9.47 Å². The van der Waals surface area contributed by atoms with E-state index in [0.717, 1.165) is 22.3 Å². The summed E-state index contributed by atoms with van der Waals surface area (Å²) in [5.41, 5.74) is 4.51. The fourth-order valence-corrected chi connectivity index (χ4v) is 4.63. The Morgan fingerprint density at radius 1 is 0.941 bits per heavy atom. The molecule has 0 bridgehead atoms. The molecule has 2 aromatic carbocycles. The topological polar surface area (TPSA) is 114 Å². The molecule has 182 valence electrons. The maximum Gasteiger partial charge on any atom is 0.407 e. The van der Waals surface area contributed by atoms with Crippen LogP contribution in [0, 0.1) is 11.8 Å². The zero-order valence-electron chi connectivity index (χ0n) is 19.9. The predicted octanol–water partition coefficient (Wildman–Crippen LogP) is 3.40. The summed E-state index contributed by atoms with van der Waals surface area (Å²) in [6.45, 7) is 5.40. The van der Waals surface area contributed by atoms with Crippen LogP contribution in [0.2, 0.25) is 0 Å². The molecule has 3 N–H and O–H groups in total. The minimum Gasteiger partial charge on any atom is -0.480 e. The Kier molecular flexibility index (Phi) is 8.28. The first-order valence-corrected chi connectivity index (χ1v) is 11.4. The number of alkyl carbamates (subject to hydrolysis) is 1. The summed E-state index contributed by atoms with van der Waals surface area (Å²) in [4.78, 5) is 36.8. The molecule has 3 unspecified atom stereocenters. The van der Waals surface area contributed by atoms with E-state index in [0.29, 0.717) is 0 Å². The summed E-state index contributed by atoms with van der Waals surface area (Å²) in [5, 5.41) is 14.5. The first kappa shape index (κ1) is 25.2. The number of methoxy groups -OCH3 is 1. The number of amides is 2. The van der Waals surface area contributed by atoms with E-state index in [1.165, 1.54) is 7.11 Å². The molecule has 2 aromatic rings. The van der Waals surface area contributed by atoms with Gasteiger partial charge >= 0.3 is 12.1 Å². The van der Waals surface area contributed by atoms with Crippen LogP contribution in [0.4, 0.5) is 4.79 Å². The van der Waals surface area contributed by atoms with Crippen molar-refractivity contribution >= 4 is 18.0 Å². The van der Waals surface area contributed by atoms with E-state index >= 15 is 0 Å². The summed E-state index contributed by atoms with van der Waals surface area (Å²) in [6.07, 6.45) is -0.625. The number of benzene rings is 2. The van der Waals surface area contributed by atoms with Crippen molar-refractivity contribution < 1.29 is 29.0 Å². The molecule has 3 rings (SSSR count). The first-order chi connectivity index (χ1) is 16.2. The first-order valence-electron chi connectivity index (χ1n) is 11.4. The molecule has 8 heteroatoms. The Balaban J connectivity index is 1.63. The van der Waals surface area contributed by atoms with E-state index in [2.05, 4.69) is 22.8 Å². The highest BCUT2D eigenvalue weighted by molar-refractivity contribution is 5.86. The SMILES string of the molecule is COCC(NC(=O)C(C(C)C)C(C)NC(=O)OCC1c2ccccc2-c2ccccc21)C(=O)O. The van der Waals surface area contributed by atoms with Gasteiger partial charge in [-0.15, -0.1) is 0 Å². The standard InChI is InChI=1S/C26H32N2O6/c1-15(2)23(24(29)28-22(14-33-4)25(30)31)16(3)27-26(32)34-13-21-19-11-7-5-9-17(19)18-10-6-8-12-20(18)21/h5-12,15-16,21-23H,13-14H2,1-4H3,(H,27,32)(H,28,29)(H,30,31). The van der Waals surface area contributed by atoms with Gasteiger partial charge in [0.25, 0.3) is 0 Å². The van der Waals surface area contributed by atoms with E-state index in [-0.39, 0.29) is 25.0 Å². The molecule has 0 saturated carbocycles. The molecule has 2 amide bonds. The Labute approximate surface area is 199 Å². The van der Waals surface area contributed by atoms with Crippen molar-refractivity contribution in [3.05, 3.63) is 59.7 Å². The Hall–Kier alpha value is -3.39. The lowest BCUT2D eigenvalue weighted by atomic mass is 9.88. The summed E-state index contributed by atoms with van der Waals surface area (Å²) < 4.78 is 10.5. The van der Waals surface area contributed by atoms with Crippen molar-refractivity contribution in [2.75, 3.05) is 20.3 Å². The molecular weight excluding hydrogens is 436 g/mol. The molecule has 0 radical (unpaired) electrons. The lowest BCUT2D eigenvalue weighted by molar-refractivity contribution is -0.144. The molecule has 0 saturated heterocycles. The van der Waals surface area contributed by atoms with E-state index in [1.54, 1.807) is 6.92 Å². The second kappa shape index (κ2) is 11.2. The molecule has 0 heterocycles. The summed E-state index contributed by atoms with van der Waals surface area (Å²) in [5.74, 6) is -2.52. The summed E-state index contributed by atoms with van der Waals surface area (Å²) in [7, 11) is 1.36. The van der Waals surface area contributed by atoms with Gasteiger partial charge in [-0.05, 0) is 35.1 Å². The quantitative estimate of drug-likeness (QED) is 0.493. The Bertz CT molecular complexity index is 992. The molecule has 8 nitrogen and oxygen atoms in total. The average molecular weight is 469 g/mol. The van der Waals surface area contributed by atoms with Crippen molar-refractivity contribution in [3.8, 4) is 11.1 Å². The number of aliphatic carboxylic acids is 1. The van der Waals surface area contributed by atoms with Gasteiger partial charge in [-0.1, -0.05) is 62.4 Å². The maximum atomic E-state index is 12.8. The van der Waals surface area contributed by atoms with Crippen molar-refractivity contribution in [1.82, 2.24) is 10.6 Å². The number of carbonyl (C=O) groups excluding carboxylic acids is 2. The molecule has 0 aromatic heterocycles. The molecule has 1 aliphatic carbocycles. The van der Waals surface area contributed by atoms with E-state index in [1.807, 2.05) is 50.2 Å². The Morgan fingerprint density at radius 2 is 1.50 bits per heavy atom. The van der Waals surface area contributed by atoms with Crippen LogP contribution in [0.15, 0.2) is 48.5 Å². The lowest BCUT2D eigenvalue weighted by Gasteiger charge is -2.28. The lowest BCUT2D eigenvalue weighted by Crippen LogP contribution is -2.52. The van der Waals surface area contributed by atoms with Crippen LogP contribution >= 0.6 is 0 Å². The monoisotopic (exact) mass is 468 g/mol. The van der Waals surface area contributed by atoms with Crippen LogP contribution in [0.1, 0.15) is 37.8 Å². The van der Waals surface area contributed by atoms with Gasteiger partial charge < -0.3 is 25.2 Å². The van der Waals surface area contributed by atoms with Gasteiger partial charge in [-0.2, -0.15) is 0 Å². The van der Waals surface area contributed by atoms with Crippen molar-refractivity contribution in [2.24, 2.45) is 11.8 Å². The molecule has 3 atom stereocenters. The number of carboxylic acids is 1. The maximum absolute atomic E-state index is 12.8. The molecule has 0 spiro atoms. The van der Waals surface area contributed by atoms with Crippen LogP contribution in [0.5, 0.6) is 0 Å². The molecule has 0 aliphatic heterocycles. The molecule has 1 aliphatic rings. The molecule has 34 heavy (non-hydrogen) atoms. The predicted molar refractivity (Wildman–Crippen MR) is 127 cm³/mol. The third-order valence-corrected chi connectivity index (χ3v) is 6.20. The normalized spacial score (nSPS) is 15.1.